The van der Waals surface area contributed by atoms with E-state index in [1.165, 1.54) is 12.5 Å². The Bertz CT molecular complexity index is 284. The molecule has 1 rings (SSSR count). The molecule has 0 atom stereocenters. The molecular formula is C9H9IO2S. The van der Waals surface area contributed by atoms with Crippen LogP contribution in [0.4, 0.5) is 0 Å². The molecule has 0 N–H and O–H groups in total. The van der Waals surface area contributed by atoms with Crippen LogP contribution in [-0.2, 0) is 10.5 Å². The zero-order valence-corrected chi connectivity index (χ0v) is 10.1. The number of carbonyl (C=O) groups excluding carboxylic acids is 1. The molecule has 0 amide bonds. The monoisotopic (exact) mass is 308 g/mol. The number of halogens is 1. The maximum absolute atomic E-state index is 10.6. The van der Waals surface area contributed by atoms with Crippen molar-refractivity contribution >= 4 is 36.1 Å². The van der Waals surface area contributed by atoms with E-state index in [1.807, 2.05) is 24.3 Å². The molecule has 0 radical (unpaired) electrons. The maximum atomic E-state index is 10.6. The third-order valence-corrected chi connectivity index (χ3v) is 2.78. The summed E-state index contributed by atoms with van der Waals surface area (Å²) in [6, 6.07) is 7.54. The summed E-state index contributed by atoms with van der Waals surface area (Å²) in [5.41, 5.74) is 1.23. The minimum absolute atomic E-state index is 0.281. The van der Waals surface area contributed by atoms with Crippen LogP contribution in [0.5, 0.6) is 5.75 Å². The summed E-state index contributed by atoms with van der Waals surface area (Å²) in [5, 5.41) is 0. The van der Waals surface area contributed by atoms with Gasteiger partial charge in [0.25, 0.3) is 0 Å². The van der Waals surface area contributed by atoms with Crippen LogP contribution >= 0.6 is 30.1 Å². The Kier molecular flexibility index (Phi) is 4.58. The normalized spacial score (nSPS) is 9.69. The van der Waals surface area contributed by atoms with E-state index in [1.54, 1.807) is 8.93 Å². The molecule has 0 heterocycles. The van der Waals surface area contributed by atoms with Crippen LogP contribution in [0.25, 0.3) is 0 Å². The van der Waals surface area contributed by atoms with Gasteiger partial charge < -0.3 is 4.74 Å². The van der Waals surface area contributed by atoms with Gasteiger partial charge in [-0.3, -0.25) is 4.79 Å². The lowest BCUT2D eigenvalue weighted by Crippen LogP contribution is -2.00. The molecule has 0 aromatic heterocycles. The SMILES string of the molecule is CC(=O)Oc1ccc(CSI)cc1. The molecule has 0 unspecified atom stereocenters. The predicted molar refractivity (Wildman–Crippen MR) is 63.1 cm³/mol. The Labute approximate surface area is 93.6 Å². The van der Waals surface area contributed by atoms with Crippen LogP contribution in [0.1, 0.15) is 12.5 Å². The molecule has 1 aromatic rings. The van der Waals surface area contributed by atoms with Gasteiger partial charge in [-0.15, -0.1) is 0 Å². The van der Waals surface area contributed by atoms with E-state index in [2.05, 4.69) is 21.2 Å². The molecule has 0 fully saturated rings. The molecule has 2 nitrogen and oxygen atoms in total. The van der Waals surface area contributed by atoms with Crippen molar-refractivity contribution in [3.8, 4) is 5.75 Å². The number of benzene rings is 1. The average Bonchev–Trinajstić information content (AvgIpc) is 2.08. The summed E-state index contributed by atoms with van der Waals surface area (Å²) in [4.78, 5) is 10.6. The lowest BCUT2D eigenvalue weighted by molar-refractivity contribution is -0.131. The van der Waals surface area contributed by atoms with Gasteiger partial charge in [0.05, 0.1) is 0 Å². The van der Waals surface area contributed by atoms with Crippen LogP contribution in [-0.4, -0.2) is 5.97 Å². The van der Waals surface area contributed by atoms with Crippen molar-refractivity contribution in [3.05, 3.63) is 29.8 Å². The highest BCUT2D eigenvalue weighted by Crippen LogP contribution is 2.20. The highest BCUT2D eigenvalue weighted by atomic mass is 127. The summed E-state index contributed by atoms with van der Waals surface area (Å²) in [6.07, 6.45) is 0. The van der Waals surface area contributed by atoms with E-state index in [0.717, 1.165) is 5.75 Å². The van der Waals surface area contributed by atoms with Crippen LogP contribution in [0.3, 0.4) is 0 Å². The molecule has 70 valence electrons. The highest BCUT2D eigenvalue weighted by Gasteiger charge is 1.97. The van der Waals surface area contributed by atoms with Gasteiger partial charge >= 0.3 is 5.97 Å². The topological polar surface area (TPSA) is 26.3 Å². The van der Waals surface area contributed by atoms with E-state index < -0.39 is 0 Å². The second-order valence-electron chi connectivity index (χ2n) is 2.49. The second kappa shape index (κ2) is 5.49. The quantitative estimate of drug-likeness (QED) is 0.487. The first-order valence-electron chi connectivity index (χ1n) is 3.73. The van der Waals surface area contributed by atoms with Crippen LogP contribution in [0.15, 0.2) is 24.3 Å². The number of rotatable bonds is 3. The van der Waals surface area contributed by atoms with Crippen molar-refractivity contribution in [2.24, 2.45) is 0 Å². The lowest BCUT2D eigenvalue weighted by atomic mass is 10.2. The van der Waals surface area contributed by atoms with Gasteiger partial charge in [-0.05, 0) is 38.9 Å². The minimum Gasteiger partial charge on any atom is -0.427 e. The maximum Gasteiger partial charge on any atom is 0.308 e. The number of esters is 1. The smallest absolute Gasteiger partial charge is 0.308 e. The molecule has 4 heteroatoms. The Morgan fingerprint density at radius 2 is 2.08 bits per heavy atom. The van der Waals surface area contributed by atoms with Gasteiger partial charge in [-0.2, -0.15) is 0 Å². The first kappa shape index (κ1) is 10.8. The average molecular weight is 308 g/mol. The standard InChI is InChI=1S/C9H9IO2S/c1-7(11)12-9-4-2-8(3-5-9)6-13-10/h2-5H,6H2,1H3. The summed E-state index contributed by atoms with van der Waals surface area (Å²) >= 11 is 2.25. The summed E-state index contributed by atoms with van der Waals surface area (Å²) in [6.45, 7) is 1.40. The second-order valence-corrected chi connectivity index (χ2v) is 4.87. The molecule has 0 aliphatic rings. The van der Waals surface area contributed by atoms with Crippen LogP contribution in [0.2, 0.25) is 0 Å². The van der Waals surface area contributed by atoms with Gasteiger partial charge in [0.15, 0.2) is 0 Å². The molecule has 0 bridgehead atoms. The first-order chi connectivity index (χ1) is 6.22. The van der Waals surface area contributed by atoms with Gasteiger partial charge in [0.1, 0.15) is 5.75 Å². The van der Waals surface area contributed by atoms with Crippen LogP contribution in [0, 0.1) is 0 Å². The van der Waals surface area contributed by atoms with Gasteiger partial charge in [0.2, 0.25) is 0 Å². The van der Waals surface area contributed by atoms with Crippen molar-refractivity contribution in [2.75, 3.05) is 0 Å². The molecule has 13 heavy (non-hydrogen) atoms. The van der Waals surface area contributed by atoms with Crippen molar-refractivity contribution in [1.29, 1.82) is 0 Å². The van der Waals surface area contributed by atoms with Gasteiger partial charge in [-0.1, -0.05) is 21.1 Å². The first-order valence-corrected chi connectivity index (χ1v) is 7.26. The molecule has 1 aromatic carbocycles. The fraction of sp³-hybridized carbons (Fsp3) is 0.222. The number of hydrogen-bond donors (Lipinski definition) is 0. The molecule has 0 spiro atoms. The Morgan fingerprint density at radius 1 is 1.46 bits per heavy atom. The van der Waals surface area contributed by atoms with E-state index in [-0.39, 0.29) is 5.97 Å². The number of ether oxygens (including phenoxy) is 1. The molecule has 0 aliphatic heterocycles. The summed E-state index contributed by atoms with van der Waals surface area (Å²) in [7, 11) is 1.74. The highest BCUT2D eigenvalue weighted by molar-refractivity contribution is 14.2. The minimum atomic E-state index is -0.281. The van der Waals surface area contributed by atoms with Gasteiger partial charge in [-0.25, -0.2) is 0 Å². The number of carbonyl (C=O) groups is 1. The van der Waals surface area contributed by atoms with Crippen molar-refractivity contribution in [2.45, 2.75) is 12.7 Å². The van der Waals surface area contributed by atoms with E-state index in [9.17, 15) is 4.79 Å². The Balaban J connectivity index is 2.64. The molecule has 0 aliphatic carbocycles. The zero-order valence-electron chi connectivity index (χ0n) is 7.12. The molecule has 0 saturated carbocycles. The molecular weight excluding hydrogens is 299 g/mol. The van der Waals surface area contributed by atoms with Crippen molar-refractivity contribution < 1.29 is 9.53 Å². The van der Waals surface area contributed by atoms with Crippen molar-refractivity contribution in [1.82, 2.24) is 0 Å². The van der Waals surface area contributed by atoms with E-state index >= 15 is 0 Å². The lowest BCUT2D eigenvalue weighted by Gasteiger charge is -2.01. The Hall–Kier alpha value is -0.230. The third kappa shape index (κ3) is 3.99. The van der Waals surface area contributed by atoms with Gasteiger partial charge in [0, 0.05) is 12.7 Å². The Morgan fingerprint density at radius 3 is 2.54 bits per heavy atom. The van der Waals surface area contributed by atoms with Crippen LogP contribution < -0.4 is 4.74 Å². The van der Waals surface area contributed by atoms with Crippen molar-refractivity contribution in [3.63, 3.8) is 0 Å². The summed E-state index contributed by atoms with van der Waals surface area (Å²) < 4.78 is 4.90. The largest absolute Gasteiger partial charge is 0.427 e. The number of hydrogen-bond acceptors (Lipinski definition) is 3. The fourth-order valence-corrected chi connectivity index (χ4v) is 2.28. The van der Waals surface area contributed by atoms with E-state index in [0.29, 0.717) is 5.75 Å². The zero-order chi connectivity index (χ0) is 9.68. The fourth-order valence-electron chi connectivity index (χ4n) is 0.883. The third-order valence-electron chi connectivity index (χ3n) is 1.41. The predicted octanol–water partition coefficient (Wildman–Crippen LogP) is 3.20. The summed E-state index contributed by atoms with van der Waals surface area (Å²) in [5.74, 6) is 1.30. The molecule has 0 saturated heterocycles. The van der Waals surface area contributed by atoms with E-state index in [4.69, 9.17) is 4.74 Å².